The van der Waals surface area contributed by atoms with Crippen LogP contribution in [-0.4, -0.2) is 23.7 Å². The molecular formula is C7H13NO2. The Balaban J connectivity index is 2.50. The first-order valence-electron chi connectivity index (χ1n) is 3.72. The zero-order valence-corrected chi connectivity index (χ0v) is 6.13. The Labute approximate surface area is 60.4 Å². The fourth-order valence-corrected chi connectivity index (χ4v) is 1.49. The molecule has 0 bridgehead atoms. The van der Waals surface area contributed by atoms with Gasteiger partial charge >= 0.3 is 5.97 Å². The second kappa shape index (κ2) is 3.01. The number of carboxylic acid groups (broad SMARTS) is 1. The molecule has 3 nitrogen and oxygen atoms in total. The lowest BCUT2D eigenvalue weighted by Crippen LogP contribution is -2.35. The molecule has 3 heteroatoms. The van der Waals surface area contributed by atoms with Crippen LogP contribution < -0.4 is 5.32 Å². The Bertz CT molecular complexity index is 136. The molecule has 1 aliphatic heterocycles. The Hall–Kier alpha value is -0.570. The van der Waals surface area contributed by atoms with Gasteiger partial charge < -0.3 is 10.4 Å². The van der Waals surface area contributed by atoms with Crippen LogP contribution in [0.4, 0.5) is 0 Å². The monoisotopic (exact) mass is 143 g/mol. The van der Waals surface area contributed by atoms with E-state index in [9.17, 15) is 4.79 Å². The van der Waals surface area contributed by atoms with Gasteiger partial charge in [-0.25, -0.2) is 0 Å². The first-order valence-corrected chi connectivity index (χ1v) is 3.72. The van der Waals surface area contributed by atoms with Crippen molar-refractivity contribution in [2.24, 2.45) is 5.92 Å². The molecule has 2 N–H and O–H groups in total. The SMILES string of the molecule is CC[C@H]1CCN[C@@H]1C(=O)O. The summed E-state index contributed by atoms with van der Waals surface area (Å²) in [6.45, 7) is 2.89. The highest BCUT2D eigenvalue weighted by molar-refractivity contribution is 5.74. The molecule has 1 aliphatic rings. The maximum Gasteiger partial charge on any atom is 0.320 e. The molecule has 1 saturated heterocycles. The van der Waals surface area contributed by atoms with Crippen molar-refractivity contribution in [2.45, 2.75) is 25.8 Å². The number of carboxylic acids is 1. The molecule has 0 aliphatic carbocycles. The van der Waals surface area contributed by atoms with Gasteiger partial charge in [-0.1, -0.05) is 13.3 Å². The van der Waals surface area contributed by atoms with E-state index in [1.807, 2.05) is 6.92 Å². The predicted octanol–water partition coefficient (Wildman–Crippen LogP) is 0.459. The molecule has 10 heavy (non-hydrogen) atoms. The van der Waals surface area contributed by atoms with Gasteiger partial charge in [0.15, 0.2) is 0 Å². The average molecular weight is 143 g/mol. The molecule has 1 fully saturated rings. The van der Waals surface area contributed by atoms with Gasteiger partial charge in [0.2, 0.25) is 0 Å². The van der Waals surface area contributed by atoms with Crippen LogP contribution in [0.1, 0.15) is 19.8 Å². The lowest BCUT2D eigenvalue weighted by Gasteiger charge is -2.11. The number of rotatable bonds is 2. The van der Waals surface area contributed by atoms with E-state index >= 15 is 0 Å². The van der Waals surface area contributed by atoms with E-state index in [-0.39, 0.29) is 6.04 Å². The standard InChI is InChI=1S/C7H13NO2/c1-2-5-3-4-8-6(5)7(9)10/h5-6,8H,2-4H2,1H3,(H,9,10)/t5-,6-/m0/s1. The minimum atomic E-state index is -0.704. The summed E-state index contributed by atoms with van der Waals surface area (Å²) >= 11 is 0. The maximum absolute atomic E-state index is 10.5. The topological polar surface area (TPSA) is 49.3 Å². The number of aliphatic carboxylic acids is 1. The van der Waals surface area contributed by atoms with Crippen molar-refractivity contribution in [2.75, 3.05) is 6.54 Å². The Kier molecular flexibility index (Phi) is 2.27. The van der Waals surface area contributed by atoms with E-state index in [0.717, 1.165) is 19.4 Å². The molecule has 58 valence electrons. The Morgan fingerprint density at radius 1 is 1.80 bits per heavy atom. The summed E-state index contributed by atoms with van der Waals surface area (Å²) in [6, 6.07) is -0.287. The van der Waals surface area contributed by atoms with Gasteiger partial charge in [0.05, 0.1) is 0 Å². The van der Waals surface area contributed by atoms with E-state index < -0.39 is 5.97 Å². The van der Waals surface area contributed by atoms with Crippen molar-refractivity contribution < 1.29 is 9.90 Å². The summed E-state index contributed by atoms with van der Waals surface area (Å²) in [7, 11) is 0. The molecule has 0 radical (unpaired) electrons. The molecule has 0 amide bonds. The zero-order chi connectivity index (χ0) is 7.56. The van der Waals surface area contributed by atoms with Gasteiger partial charge in [-0.2, -0.15) is 0 Å². The second-order valence-electron chi connectivity index (χ2n) is 2.73. The average Bonchev–Trinajstić information content (AvgIpc) is 2.33. The van der Waals surface area contributed by atoms with Crippen molar-refractivity contribution in [1.82, 2.24) is 5.32 Å². The van der Waals surface area contributed by atoms with Crippen LogP contribution in [0.2, 0.25) is 0 Å². The highest BCUT2D eigenvalue weighted by Crippen LogP contribution is 2.18. The molecule has 0 spiro atoms. The van der Waals surface area contributed by atoms with Crippen LogP contribution in [0.25, 0.3) is 0 Å². The number of carbonyl (C=O) groups is 1. The normalized spacial score (nSPS) is 32.5. The minimum absolute atomic E-state index is 0.287. The largest absolute Gasteiger partial charge is 0.480 e. The summed E-state index contributed by atoms with van der Waals surface area (Å²) in [4.78, 5) is 10.5. The van der Waals surface area contributed by atoms with Gasteiger partial charge in [-0.05, 0) is 18.9 Å². The van der Waals surface area contributed by atoms with Crippen LogP contribution >= 0.6 is 0 Å². The zero-order valence-electron chi connectivity index (χ0n) is 6.13. The van der Waals surface area contributed by atoms with E-state index in [1.165, 1.54) is 0 Å². The first-order chi connectivity index (χ1) is 4.75. The fraction of sp³-hybridized carbons (Fsp3) is 0.857. The third-order valence-corrected chi connectivity index (χ3v) is 2.14. The van der Waals surface area contributed by atoms with E-state index in [0.29, 0.717) is 5.92 Å². The van der Waals surface area contributed by atoms with Gasteiger partial charge in [-0.3, -0.25) is 4.79 Å². The van der Waals surface area contributed by atoms with Gasteiger partial charge in [-0.15, -0.1) is 0 Å². The smallest absolute Gasteiger partial charge is 0.320 e. The van der Waals surface area contributed by atoms with Crippen LogP contribution in [-0.2, 0) is 4.79 Å². The van der Waals surface area contributed by atoms with Gasteiger partial charge in [0, 0.05) is 0 Å². The molecule has 1 heterocycles. The molecule has 0 aromatic heterocycles. The fourth-order valence-electron chi connectivity index (χ4n) is 1.49. The molecule has 1 rings (SSSR count). The van der Waals surface area contributed by atoms with Crippen LogP contribution in [0.15, 0.2) is 0 Å². The number of hydrogen-bond acceptors (Lipinski definition) is 2. The second-order valence-corrected chi connectivity index (χ2v) is 2.73. The van der Waals surface area contributed by atoms with Crippen LogP contribution in [0.5, 0.6) is 0 Å². The quantitative estimate of drug-likeness (QED) is 0.590. The summed E-state index contributed by atoms with van der Waals surface area (Å²) in [5.41, 5.74) is 0. The number of hydrogen-bond donors (Lipinski definition) is 2. The van der Waals surface area contributed by atoms with E-state index in [4.69, 9.17) is 5.11 Å². The van der Waals surface area contributed by atoms with E-state index in [1.54, 1.807) is 0 Å². The summed E-state index contributed by atoms with van der Waals surface area (Å²) < 4.78 is 0. The third-order valence-electron chi connectivity index (χ3n) is 2.14. The molecule has 0 aromatic carbocycles. The van der Waals surface area contributed by atoms with Crippen molar-refractivity contribution in [3.63, 3.8) is 0 Å². The Morgan fingerprint density at radius 2 is 2.50 bits per heavy atom. The summed E-state index contributed by atoms with van der Waals surface area (Å²) in [5, 5.41) is 11.6. The maximum atomic E-state index is 10.5. The number of nitrogens with one attached hydrogen (secondary N) is 1. The van der Waals surface area contributed by atoms with Crippen molar-refractivity contribution >= 4 is 5.97 Å². The van der Waals surface area contributed by atoms with Crippen molar-refractivity contribution in [3.05, 3.63) is 0 Å². The van der Waals surface area contributed by atoms with Crippen LogP contribution in [0.3, 0.4) is 0 Å². The molecule has 0 saturated carbocycles. The van der Waals surface area contributed by atoms with Crippen molar-refractivity contribution in [3.8, 4) is 0 Å². The first kappa shape index (κ1) is 7.54. The highest BCUT2D eigenvalue weighted by atomic mass is 16.4. The third kappa shape index (κ3) is 1.29. The van der Waals surface area contributed by atoms with Crippen molar-refractivity contribution in [1.29, 1.82) is 0 Å². The summed E-state index contributed by atoms with van der Waals surface area (Å²) in [5.74, 6) is -0.359. The summed E-state index contributed by atoms with van der Waals surface area (Å²) in [6.07, 6.45) is 1.97. The van der Waals surface area contributed by atoms with Gasteiger partial charge in [0.25, 0.3) is 0 Å². The van der Waals surface area contributed by atoms with E-state index in [2.05, 4.69) is 5.32 Å². The Morgan fingerprint density at radius 3 is 2.90 bits per heavy atom. The van der Waals surface area contributed by atoms with Gasteiger partial charge in [0.1, 0.15) is 6.04 Å². The molecular weight excluding hydrogens is 130 g/mol. The minimum Gasteiger partial charge on any atom is -0.480 e. The molecule has 0 unspecified atom stereocenters. The van der Waals surface area contributed by atoms with Crippen LogP contribution in [0, 0.1) is 5.92 Å². The molecule has 2 atom stereocenters. The highest BCUT2D eigenvalue weighted by Gasteiger charge is 2.30. The lowest BCUT2D eigenvalue weighted by atomic mass is 9.98. The lowest BCUT2D eigenvalue weighted by molar-refractivity contribution is -0.140. The predicted molar refractivity (Wildman–Crippen MR) is 37.8 cm³/mol. The molecule has 0 aromatic rings.